The van der Waals surface area contributed by atoms with Gasteiger partial charge >= 0.3 is 0 Å². The van der Waals surface area contributed by atoms with Gasteiger partial charge in [0.2, 0.25) is 0 Å². The van der Waals surface area contributed by atoms with Gasteiger partial charge in [-0.2, -0.15) is 0 Å². The van der Waals surface area contributed by atoms with Crippen molar-refractivity contribution < 1.29 is 9.47 Å². The summed E-state index contributed by atoms with van der Waals surface area (Å²) >= 11 is 0. The van der Waals surface area contributed by atoms with E-state index in [2.05, 4.69) is 15.3 Å². The van der Waals surface area contributed by atoms with Crippen molar-refractivity contribution >= 4 is 0 Å². The highest BCUT2D eigenvalue weighted by molar-refractivity contribution is 4.93. The SMILES string of the molecule is CCOC(CNCc1cnccn1)OCC. The zero-order valence-corrected chi connectivity index (χ0v) is 9.85. The standard InChI is InChI=1S/C11H19N3O2/c1-3-15-11(16-4-2)9-13-8-10-7-12-5-6-14-10/h5-7,11,13H,3-4,8-9H2,1-2H3. The number of hydrogen-bond acceptors (Lipinski definition) is 5. The molecule has 0 unspecified atom stereocenters. The first kappa shape index (κ1) is 13.0. The average Bonchev–Trinajstić information content (AvgIpc) is 2.31. The number of ether oxygens (including phenoxy) is 2. The molecule has 0 radical (unpaired) electrons. The van der Waals surface area contributed by atoms with Crippen LogP contribution in [0.5, 0.6) is 0 Å². The van der Waals surface area contributed by atoms with Crippen LogP contribution in [-0.4, -0.2) is 36.0 Å². The minimum Gasteiger partial charge on any atom is -0.352 e. The first-order valence-corrected chi connectivity index (χ1v) is 5.55. The monoisotopic (exact) mass is 225 g/mol. The van der Waals surface area contributed by atoms with Gasteiger partial charge in [-0.1, -0.05) is 0 Å². The van der Waals surface area contributed by atoms with E-state index in [0.29, 0.717) is 26.3 Å². The summed E-state index contributed by atoms with van der Waals surface area (Å²) in [6.07, 6.45) is 4.89. The van der Waals surface area contributed by atoms with Crippen LogP contribution in [0.1, 0.15) is 19.5 Å². The van der Waals surface area contributed by atoms with E-state index >= 15 is 0 Å². The predicted octanol–water partition coefficient (Wildman–Crippen LogP) is 0.965. The highest BCUT2D eigenvalue weighted by Crippen LogP contribution is 1.95. The van der Waals surface area contributed by atoms with Gasteiger partial charge in [0.15, 0.2) is 6.29 Å². The number of nitrogens with zero attached hydrogens (tertiary/aromatic N) is 2. The fourth-order valence-corrected chi connectivity index (χ4v) is 1.28. The minimum absolute atomic E-state index is 0.188. The van der Waals surface area contributed by atoms with Crippen molar-refractivity contribution in [3.63, 3.8) is 0 Å². The van der Waals surface area contributed by atoms with Crippen molar-refractivity contribution in [3.8, 4) is 0 Å². The van der Waals surface area contributed by atoms with Crippen molar-refractivity contribution in [2.45, 2.75) is 26.7 Å². The highest BCUT2D eigenvalue weighted by Gasteiger charge is 2.06. The molecule has 0 spiro atoms. The molecule has 90 valence electrons. The molecule has 1 aromatic heterocycles. The van der Waals surface area contributed by atoms with Crippen LogP contribution in [-0.2, 0) is 16.0 Å². The van der Waals surface area contributed by atoms with Crippen molar-refractivity contribution in [1.29, 1.82) is 0 Å². The topological polar surface area (TPSA) is 56.3 Å². The van der Waals surface area contributed by atoms with Crippen LogP contribution in [0.3, 0.4) is 0 Å². The molecule has 0 aliphatic rings. The van der Waals surface area contributed by atoms with Crippen LogP contribution in [0, 0.1) is 0 Å². The molecule has 0 saturated carbocycles. The van der Waals surface area contributed by atoms with Crippen molar-refractivity contribution in [2.75, 3.05) is 19.8 Å². The Morgan fingerprint density at radius 3 is 2.56 bits per heavy atom. The normalized spacial score (nSPS) is 10.9. The number of rotatable bonds is 8. The molecule has 1 rings (SSSR count). The molecule has 0 amide bonds. The van der Waals surface area contributed by atoms with Gasteiger partial charge in [0.25, 0.3) is 0 Å². The summed E-state index contributed by atoms with van der Waals surface area (Å²) in [7, 11) is 0. The number of nitrogens with one attached hydrogen (secondary N) is 1. The molecule has 0 aromatic carbocycles. The van der Waals surface area contributed by atoms with Crippen LogP contribution in [0.25, 0.3) is 0 Å². The Bertz CT molecular complexity index is 263. The maximum Gasteiger partial charge on any atom is 0.169 e. The largest absolute Gasteiger partial charge is 0.352 e. The average molecular weight is 225 g/mol. The maximum absolute atomic E-state index is 5.40. The second kappa shape index (κ2) is 8.15. The Morgan fingerprint density at radius 2 is 2.00 bits per heavy atom. The fraction of sp³-hybridized carbons (Fsp3) is 0.636. The van der Waals surface area contributed by atoms with Crippen LogP contribution in [0.15, 0.2) is 18.6 Å². The molecule has 1 aromatic rings. The lowest BCUT2D eigenvalue weighted by Gasteiger charge is -2.17. The van der Waals surface area contributed by atoms with Crippen LogP contribution in [0.4, 0.5) is 0 Å². The third-order valence-electron chi connectivity index (χ3n) is 1.94. The van der Waals surface area contributed by atoms with Gasteiger partial charge < -0.3 is 14.8 Å². The third kappa shape index (κ3) is 5.16. The summed E-state index contributed by atoms with van der Waals surface area (Å²) in [4.78, 5) is 8.15. The minimum atomic E-state index is -0.188. The molecule has 0 aliphatic heterocycles. The highest BCUT2D eigenvalue weighted by atomic mass is 16.7. The first-order chi connectivity index (χ1) is 7.86. The lowest BCUT2D eigenvalue weighted by atomic mass is 10.4. The van der Waals surface area contributed by atoms with Crippen LogP contribution < -0.4 is 5.32 Å². The quantitative estimate of drug-likeness (QED) is 0.668. The van der Waals surface area contributed by atoms with E-state index in [1.54, 1.807) is 18.6 Å². The Hall–Kier alpha value is -1.04. The molecule has 0 fully saturated rings. The van der Waals surface area contributed by atoms with E-state index in [9.17, 15) is 0 Å². The third-order valence-corrected chi connectivity index (χ3v) is 1.94. The van der Waals surface area contributed by atoms with E-state index in [-0.39, 0.29) is 6.29 Å². The Labute approximate surface area is 96.2 Å². The van der Waals surface area contributed by atoms with Crippen LogP contribution in [0.2, 0.25) is 0 Å². The fourth-order valence-electron chi connectivity index (χ4n) is 1.28. The van der Waals surface area contributed by atoms with Crippen molar-refractivity contribution in [2.24, 2.45) is 0 Å². The van der Waals surface area contributed by atoms with Crippen LogP contribution >= 0.6 is 0 Å². The molecule has 1 N–H and O–H groups in total. The Balaban J connectivity index is 2.22. The van der Waals surface area contributed by atoms with E-state index in [1.165, 1.54) is 0 Å². The molecule has 0 aliphatic carbocycles. The van der Waals surface area contributed by atoms with E-state index in [4.69, 9.17) is 9.47 Å². The summed E-state index contributed by atoms with van der Waals surface area (Å²) in [5.41, 5.74) is 0.911. The van der Waals surface area contributed by atoms with E-state index < -0.39 is 0 Å². The number of aromatic nitrogens is 2. The molecule has 0 saturated heterocycles. The van der Waals surface area contributed by atoms with Crippen molar-refractivity contribution in [3.05, 3.63) is 24.3 Å². The van der Waals surface area contributed by atoms with Gasteiger partial charge in [0.05, 0.1) is 5.69 Å². The van der Waals surface area contributed by atoms with Gasteiger partial charge in [-0.3, -0.25) is 9.97 Å². The second-order valence-corrected chi connectivity index (χ2v) is 3.17. The van der Waals surface area contributed by atoms with Crippen molar-refractivity contribution in [1.82, 2.24) is 15.3 Å². The molecular weight excluding hydrogens is 206 g/mol. The smallest absolute Gasteiger partial charge is 0.169 e. The zero-order chi connectivity index (χ0) is 11.6. The maximum atomic E-state index is 5.40. The van der Waals surface area contributed by atoms with E-state index in [1.807, 2.05) is 13.8 Å². The molecule has 1 heterocycles. The summed E-state index contributed by atoms with van der Waals surface area (Å²) in [5, 5.41) is 3.22. The lowest BCUT2D eigenvalue weighted by molar-refractivity contribution is -0.133. The Morgan fingerprint density at radius 1 is 1.25 bits per heavy atom. The zero-order valence-electron chi connectivity index (χ0n) is 9.85. The number of hydrogen-bond donors (Lipinski definition) is 1. The van der Waals surface area contributed by atoms with Gasteiger partial charge in [-0.25, -0.2) is 0 Å². The lowest BCUT2D eigenvalue weighted by Crippen LogP contribution is -2.31. The second-order valence-electron chi connectivity index (χ2n) is 3.17. The summed E-state index contributed by atoms with van der Waals surface area (Å²) in [6.45, 7) is 6.53. The van der Waals surface area contributed by atoms with Gasteiger partial charge in [0, 0.05) is 44.9 Å². The summed E-state index contributed by atoms with van der Waals surface area (Å²) in [5.74, 6) is 0. The predicted molar refractivity (Wildman–Crippen MR) is 60.8 cm³/mol. The van der Waals surface area contributed by atoms with Gasteiger partial charge in [-0.15, -0.1) is 0 Å². The molecule has 0 bridgehead atoms. The molecule has 5 nitrogen and oxygen atoms in total. The summed E-state index contributed by atoms with van der Waals surface area (Å²) in [6, 6.07) is 0. The molecule has 5 heteroatoms. The summed E-state index contributed by atoms with van der Waals surface area (Å²) < 4.78 is 10.8. The molecular formula is C11H19N3O2. The van der Waals surface area contributed by atoms with E-state index in [0.717, 1.165) is 5.69 Å². The Kier molecular flexibility index (Phi) is 6.64. The van der Waals surface area contributed by atoms with Gasteiger partial charge in [0.1, 0.15) is 0 Å². The first-order valence-electron chi connectivity index (χ1n) is 5.55. The molecule has 16 heavy (non-hydrogen) atoms. The molecule has 0 atom stereocenters. The van der Waals surface area contributed by atoms with Gasteiger partial charge in [-0.05, 0) is 13.8 Å².